The van der Waals surface area contributed by atoms with Crippen LogP contribution in [0.1, 0.15) is 26.7 Å². The number of hydrogen-bond acceptors (Lipinski definition) is 0. The molecule has 13 heavy (non-hydrogen) atoms. The predicted octanol–water partition coefficient (Wildman–Crippen LogP) is 3.36. The van der Waals surface area contributed by atoms with Gasteiger partial charge in [-0.25, -0.2) is 0 Å². The fourth-order valence-electron chi connectivity index (χ4n) is 2.30. The lowest BCUT2D eigenvalue weighted by atomic mass is 10.2. The Hall–Kier alpha value is -0.350. The van der Waals surface area contributed by atoms with E-state index in [2.05, 4.69) is 44.2 Å². The lowest BCUT2D eigenvalue weighted by Gasteiger charge is -2.20. The molecule has 0 N–H and O–H groups in total. The second-order valence-corrected chi connectivity index (χ2v) is 7.11. The van der Waals surface area contributed by atoms with Gasteiger partial charge in [0.2, 0.25) is 0 Å². The maximum absolute atomic E-state index is 2.42. The van der Waals surface area contributed by atoms with E-state index in [-0.39, 0.29) is 7.92 Å². The summed E-state index contributed by atoms with van der Waals surface area (Å²) in [7, 11) is 0.137. The van der Waals surface area contributed by atoms with Crippen molar-refractivity contribution in [3.05, 3.63) is 30.3 Å². The fourth-order valence-corrected chi connectivity index (χ4v) is 5.56. The van der Waals surface area contributed by atoms with Crippen molar-refractivity contribution >= 4 is 13.2 Å². The normalized spacial score (nSPS) is 29.4. The second kappa shape index (κ2) is 3.80. The van der Waals surface area contributed by atoms with Crippen LogP contribution in [0.3, 0.4) is 0 Å². The van der Waals surface area contributed by atoms with Gasteiger partial charge in [0.05, 0.1) is 0 Å². The van der Waals surface area contributed by atoms with Crippen molar-refractivity contribution in [3.63, 3.8) is 0 Å². The molecule has 0 amide bonds. The molecule has 1 aromatic carbocycles. The lowest BCUT2D eigenvalue weighted by Crippen LogP contribution is -2.10. The molecule has 1 heteroatoms. The molecule has 0 aliphatic carbocycles. The van der Waals surface area contributed by atoms with E-state index in [9.17, 15) is 0 Å². The van der Waals surface area contributed by atoms with E-state index in [1.807, 2.05) is 0 Å². The van der Waals surface area contributed by atoms with Crippen LogP contribution in [0.4, 0.5) is 0 Å². The highest BCUT2D eigenvalue weighted by atomic mass is 31.1. The van der Waals surface area contributed by atoms with Gasteiger partial charge in [-0.3, -0.25) is 0 Å². The largest absolute Gasteiger partial charge is 0.0695 e. The summed E-state index contributed by atoms with van der Waals surface area (Å²) in [6.45, 7) is 4.84. The first-order chi connectivity index (χ1) is 6.29. The van der Waals surface area contributed by atoms with Crippen LogP contribution in [-0.4, -0.2) is 11.3 Å². The van der Waals surface area contributed by atoms with Crippen LogP contribution in [0.2, 0.25) is 0 Å². The monoisotopic (exact) mass is 192 g/mol. The number of benzene rings is 1. The van der Waals surface area contributed by atoms with Crippen LogP contribution in [-0.2, 0) is 0 Å². The average molecular weight is 192 g/mol. The summed E-state index contributed by atoms with van der Waals surface area (Å²) in [5.74, 6) is 0. The Bertz CT molecular complexity index is 258. The number of hydrogen-bond donors (Lipinski definition) is 0. The molecule has 1 saturated heterocycles. The maximum atomic E-state index is 2.42. The first-order valence-electron chi connectivity index (χ1n) is 5.12. The molecule has 70 valence electrons. The molecule has 1 fully saturated rings. The van der Waals surface area contributed by atoms with E-state index in [1.54, 1.807) is 5.30 Å². The van der Waals surface area contributed by atoms with Crippen molar-refractivity contribution in [1.29, 1.82) is 0 Å². The SMILES string of the molecule is C[C@@H]1CC[C@@H](C)P1c1ccccc1. The molecule has 0 nitrogen and oxygen atoms in total. The minimum atomic E-state index is 0.137. The van der Waals surface area contributed by atoms with Crippen LogP contribution in [0, 0.1) is 0 Å². The first-order valence-corrected chi connectivity index (χ1v) is 6.60. The molecule has 1 heterocycles. The van der Waals surface area contributed by atoms with E-state index < -0.39 is 0 Å². The first kappa shape index (κ1) is 9.21. The Kier molecular flexibility index (Phi) is 2.69. The Morgan fingerprint density at radius 2 is 1.54 bits per heavy atom. The van der Waals surface area contributed by atoms with Crippen molar-refractivity contribution in [2.45, 2.75) is 38.0 Å². The average Bonchev–Trinajstić information content (AvgIpc) is 2.48. The van der Waals surface area contributed by atoms with E-state index >= 15 is 0 Å². The fraction of sp³-hybridized carbons (Fsp3) is 0.500. The Morgan fingerprint density at radius 1 is 1.00 bits per heavy atom. The molecular formula is C12H17P. The van der Waals surface area contributed by atoms with Gasteiger partial charge in [0.15, 0.2) is 0 Å². The summed E-state index contributed by atoms with van der Waals surface area (Å²) in [6, 6.07) is 11.1. The highest BCUT2D eigenvalue weighted by Gasteiger charge is 2.30. The highest BCUT2D eigenvalue weighted by Crippen LogP contribution is 2.54. The zero-order valence-electron chi connectivity index (χ0n) is 8.40. The van der Waals surface area contributed by atoms with Gasteiger partial charge >= 0.3 is 0 Å². The van der Waals surface area contributed by atoms with Crippen molar-refractivity contribution in [2.24, 2.45) is 0 Å². The maximum Gasteiger partial charge on any atom is -0.0195 e. The van der Waals surface area contributed by atoms with Crippen LogP contribution in [0.25, 0.3) is 0 Å². The molecule has 2 atom stereocenters. The van der Waals surface area contributed by atoms with Crippen LogP contribution >= 0.6 is 7.92 Å². The van der Waals surface area contributed by atoms with Gasteiger partial charge in [-0.05, 0) is 29.5 Å². The van der Waals surface area contributed by atoms with Crippen LogP contribution in [0.15, 0.2) is 30.3 Å². The van der Waals surface area contributed by atoms with Crippen molar-refractivity contribution in [2.75, 3.05) is 0 Å². The van der Waals surface area contributed by atoms with Gasteiger partial charge < -0.3 is 0 Å². The van der Waals surface area contributed by atoms with Gasteiger partial charge in [-0.1, -0.05) is 52.1 Å². The third-order valence-electron chi connectivity index (χ3n) is 3.01. The molecular weight excluding hydrogens is 175 g/mol. The minimum absolute atomic E-state index is 0.137. The predicted molar refractivity (Wildman–Crippen MR) is 61.2 cm³/mol. The van der Waals surface area contributed by atoms with Gasteiger partial charge in [-0.15, -0.1) is 0 Å². The van der Waals surface area contributed by atoms with E-state index in [0.29, 0.717) is 0 Å². The van der Waals surface area contributed by atoms with E-state index in [4.69, 9.17) is 0 Å². The van der Waals surface area contributed by atoms with Crippen molar-refractivity contribution < 1.29 is 0 Å². The van der Waals surface area contributed by atoms with Crippen LogP contribution in [0.5, 0.6) is 0 Å². The summed E-state index contributed by atoms with van der Waals surface area (Å²) in [5.41, 5.74) is 1.87. The molecule has 1 aliphatic rings. The summed E-state index contributed by atoms with van der Waals surface area (Å²) in [5, 5.41) is 1.61. The quantitative estimate of drug-likeness (QED) is 0.598. The van der Waals surface area contributed by atoms with E-state index in [1.165, 1.54) is 12.8 Å². The molecule has 2 rings (SSSR count). The third-order valence-corrected chi connectivity index (χ3v) is 6.32. The molecule has 0 bridgehead atoms. The van der Waals surface area contributed by atoms with Gasteiger partial charge in [0, 0.05) is 0 Å². The summed E-state index contributed by atoms with van der Waals surface area (Å²) >= 11 is 0. The smallest absolute Gasteiger partial charge is 0.0195 e. The Morgan fingerprint density at radius 3 is 2.08 bits per heavy atom. The zero-order valence-corrected chi connectivity index (χ0v) is 9.30. The molecule has 0 spiro atoms. The van der Waals surface area contributed by atoms with Crippen LogP contribution < -0.4 is 5.30 Å². The minimum Gasteiger partial charge on any atom is -0.0695 e. The van der Waals surface area contributed by atoms with Gasteiger partial charge in [0.25, 0.3) is 0 Å². The van der Waals surface area contributed by atoms with Crippen molar-refractivity contribution in [3.8, 4) is 0 Å². The van der Waals surface area contributed by atoms with Gasteiger partial charge in [0.1, 0.15) is 0 Å². The summed E-state index contributed by atoms with van der Waals surface area (Å²) < 4.78 is 0. The molecule has 0 unspecified atom stereocenters. The highest BCUT2D eigenvalue weighted by molar-refractivity contribution is 7.67. The number of rotatable bonds is 1. The molecule has 1 aliphatic heterocycles. The second-order valence-electron chi connectivity index (χ2n) is 4.02. The van der Waals surface area contributed by atoms with E-state index in [0.717, 1.165) is 11.3 Å². The summed E-state index contributed by atoms with van der Waals surface area (Å²) in [4.78, 5) is 0. The molecule has 1 aromatic rings. The van der Waals surface area contributed by atoms with Gasteiger partial charge in [-0.2, -0.15) is 0 Å². The molecule has 0 aromatic heterocycles. The Balaban J connectivity index is 2.25. The molecule has 0 saturated carbocycles. The third kappa shape index (κ3) is 1.79. The zero-order chi connectivity index (χ0) is 9.26. The lowest BCUT2D eigenvalue weighted by molar-refractivity contribution is 0.777. The Labute approximate surface area is 82.1 Å². The standard InChI is InChI=1S/C12H17P/c1-10-8-9-11(2)13(10)12-6-4-3-5-7-12/h3-7,10-11H,8-9H2,1-2H3/t10-,11-/m1/s1. The molecule has 0 radical (unpaired) electrons. The van der Waals surface area contributed by atoms with Crippen molar-refractivity contribution in [1.82, 2.24) is 0 Å². The summed E-state index contributed by atoms with van der Waals surface area (Å²) in [6.07, 6.45) is 2.86. The topological polar surface area (TPSA) is 0 Å².